The standard InChI is InChI=1S/C16H18BrNO2S/c1-16(2,3)13(19)8-15-18(14(20)10-21-15)9-11-5-4-6-12(17)7-11/h4-8H,9-10H2,1-3H3/b15-8-. The largest absolute Gasteiger partial charge is 0.301 e. The number of nitrogens with zero attached hydrogens (tertiary/aromatic N) is 1. The summed E-state index contributed by atoms with van der Waals surface area (Å²) in [5, 5.41) is 0.750. The first-order valence-electron chi connectivity index (χ1n) is 6.71. The molecule has 1 saturated heterocycles. The number of hydrogen-bond acceptors (Lipinski definition) is 3. The highest BCUT2D eigenvalue weighted by atomic mass is 79.9. The monoisotopic (exact) mass is 367 g/mol. The minimum Gasteiger partial charge on any atom is -0.301 e. The molecule has 0 aromatic heterocycles. The van der Waals surface area contributed by atoms with Crippen molar-refractivity contribution in [3.63, 3.8) is 0 Å². The first-order valence-corrected chi connectivity index (χ1v) is 8.49. The Morgan fingerprint density at radius 2 is 2.14 bits per heavy atom. The van der Waals surface area contributed by atoms with Gasteiger partial charge >= 0.3 is 0 Å². The predicted molar refractivity (Wildman–Crippen MR) is 89.7 cm³/mol. The molecular formula is C16H18BrNO2S. The van der Waals surface area contributed by atoms with Crippen molar-refractivity contribution in [3.8, 4) is 0 Å². The molecule has 0 spiro atoms. The zero-order chi connectivity index (χ0) is 15.6. The molecule has 0 radical (unpaired) electrons. The van der Waals surface area contributed by atoms with Gasteiger partial charge in [-0.2, -0.15) is 0 Å². The maximum absolute atomic E-state index is 12.1. The molecule has 1 aliphatic heterocycles. The number of allylic oxidation sites excluding steroid dienone is 1. The molecule has 1 heterocycles. The van der Waals surface area contributed by atoms with Crippen molar-refractivity contribution in [1.82, 2.24) is 4.90 Å². The molecule has 1 aromatic rings. The van der Waals surface area contributed by atoms with E-state index in [1.165, 1.54) is 11.8 Å². The second-order valence-corrected chi connectivity index (χ2v) is 7.91. The van der Waals surface area contributed by atoms with E-state index in [1.807, 2.05) is 45.0 Å². The summed E-state index contributed by atoms with van der Waals surface area (Å²) >= 11 is 4.86. The second-order valence-electron chi connectivity index (χ2n) is 6.00. The summed E-state index contributed by atoms with van der Waals surface area (Å²) in [6.07, 6.45) is 1.60. The SMILES string of the molecule is CC(C)(C)C(=O)/C=C1\SCC(=O)N1Cc1cccc(Br)c1. The quantitative estimate of drug-likeness (QED) is 0.758. The Morgan fingerprint density at radius 1 is 1.43 bits per heavy atom. The van der Waals surface area contributed by atoms with E-state index in [-0.39, 0.29) is 11.7 Å². The van der Waals surface area contributed by atoms with E-state index in [2.05, 4.69) is 15.9 Å². The highest BCUT2D eigenvalue weighted by Crippen LogP contribution is 2.32. The normalized spacial score (nSPS) is 17.6. The summed E-state index contributed by atoms with van der Waals surface area (Å²) in [5.41, 5.74) is 0.607. The van der Waals surface area contributed by atoms with Crippen LogP contribution >= 0.6 is 27.7 Å². The zero-order valence-corrected chi connectivity index (χ0v) is 14.8. The summed E-state index contributed by atoms with van der Waals surface area (Å²) in [4.78, 5) is 25.9. The lowest BCUT2D eigenvalue weighted by molar-refractivity contribution is -0.125. The molecule has 1 aromatic carbocycles. The highest BCUT2D eigenvalue weighted by Gasteiger charge is 2.29. The Labute approximate surface area is 137 Å². The van der Waals surface area contributed by atoms with E-state index in [9.17, 15) is 9.59 Å². The Morgan fingerprint density at radius 3 is 2.76 bits per heavy atom. The van der Waals surface area contributed by atoms with Crippen LogP contribution in [0.4, 0.5) is 0 Å². The topological polar surface area (TPSA) is 37.4 Å². The van der Waals surface area contributed by atoms with Crippen LogP contribution in [0.1, 0.15) is 26.3 Å². The van der Waals surface area contributed by atoms with Crippen LogP contribution in [0.3, 0.4) is 0 Å². The minimum atomic E-state index is -0.430. The van der Waals surface area contributed by atoms with Gasteiger partial charge in [0.1, 0.15) is 0 Å². The van der Waals surface area contributed by atoms with Gasteiger partial charge in [0.15, 0.2) is 5.78 Å². The summed E-state index contributed by atoms with van der Waals surface area (Å²) in [7, 11) is 0. The molecule has 5 heteroatoms. The average Bonchev–Trinajstić information content (AvgIpc) is 2.70. The van der Waals surface area contributed by atoms with Crippen LogP contribution in [-0.2, 0) is 16.1 Å². The van der Waals surface area contributed by atoms with Gasteiger partial charge in [-0.25, -0.2) is 0 Å². The molecule has 1 aliphatic rings. The molecule has 3 nitrogen and oxygen atoms in total. The van der Waals surface area contributed by atoms with Crippen molar-refractivity contribution in [2.45, 2.75) is 27.3 Å². The van der Waals surface area contributed by atoms with Crippen LogP contribution in [0.2, 0.25) is 0 Å². The summed E-state index contributed by atoms with van der Waals surface area (Å²) < 4.78 is 0.982. The molecule has 1 fully saturated rings. The molecule has 0 saturated carbocycles. The molecule has 0 atom stereocenters. The van der Waals surface area contributed by atoms with Gasteiger partial charge in [-0.05, 0) is 17.7 Å². The number of amides is 1. The van der Waals surface area contributed by atoms with Crippen molar-refractivity contribution in [2.75, 3.05) is 5.75 Å². The van der Waals surface area contributed by atoms with Crippen molar-refractivity contribution in [2.24, 2.45) is 5.41 Å². The highest BCUT2D eigenvalue weighted by molar-refractivity contribution is 9.10. The third-order valence-corrected chi connectivity index (χ3v) is 4.65. The third-order valence-electron chi connectivity index (χ3n) is 3.13. The van der Waals surface area contributed by atoms with Crippen LogP contribution in [-0.4, -0.2) is 22.3 Å². The molecule has 2 rings (SSSR count). The van der Waals surface area contributed by atoms with Crippen LogP contribution in [0.5, 0.6) is 0 Å². The number of carbonyl (C=O) groups is 2. The third kappa shape index (κ3) is 4.20. The smallest absolute Gasteiger partial charge is 0.238 e. The summed E-state index contributed by atoms with van der Waals surface area (Å²) in [5.74, 6) is 0.490. The van der Waals surface area contributed by atoms with Gasteiger partial charge in [0, 0.05) is 16.0 Å². The van der Waals surface area contributed by atoms with E-state index < -0.39 is 5.41 Å². The van der Waals surface area contributed by atoms with Gasteiger partial charge in [-0.1, -0.05) is 60.6 Å². The summed E-state index contributed by atoms with van der Waals surface area (Å²) in [6, 6.07) is 7.85. The van der Waals surface area contributed by atoms with E-state index in [0.717, 1.165) is 15.1 Å². The lowest BCUT2D eigenvalue weighted by Gasteiger charge is -2.19. The fourth-order valence-corrected chi connectivity index (χ4v) is 3.23. The number of benzene rings is 1. The molecule has 0 unspecified atom stereocenters. The van der Waals surface area contributed by atoms with Crippen molar-refractivity contribution in [1.29, 1.82) is 0 Å². The molecule has 21 heavy (non-hydrogen) atoms. The van der Waals surface area contributed by atoms with Gasteiger partial charge in [0.25, 0.3) is 0 Å². The Hall–Kier alpha value is -1.07. The van der Waals surface area contributed by atoms with Crippen LogP contribution < -0.4 is 0 Å². The zero-order valence-electron chi connectivity index (χ0n) is 12.4. The molecule has 0 N–H and O–H groups in total. The molecular weight excluding hydrogens is 350 g/mol. The average molecular weight is 368 g/mol. The minimum absolute atomic E-state index is 0.0407. The fourth-order valence-electron chi connectivity index (χ4n) is 1.85. The van der Waals surface area contributed by atoms with Crippen LogP contribution in [0.15, 0.2) is 39.8 Å². The van der Waals surface area contributed by atoms with Gasteiger partial charge in [0.05, 0.1) is 17.3 Å². The lowest BCUT2D eigenvalue weighted by atomic mass is 9.91. The first kappa shape index (κ1) is 16.3. The van der Waals surface area contributed by atoms with E-state index >= 15 is 0 Å². The number of hydrogen-bond donors (Lipinski definition) is 0. The number of thioether (sulfide) groups is 1. The number of rotatable bonds is 3. The van der Waals surface area contributed by atoms with Crippen LogP contribution in [0, 0.1) is 5.41 Å². The molecule has 0 aliphatic carbocycles. The maximum atomic E-state index is 12.1. The Balaban J connectivity index is 2.21. The maximum Gasteiger partial charge on any atom is 0.238 e. The van der Waals surface area contributed by atoms with Gasteiger partial charge in [-0.3, -0.25) is 9.59 Å². The van der Waals surface area contributed by atoms with Crippen LogP contribution in [0.25, 0.3) is 0 Å². The van der Waals surface area contributed by atoms with Gasteiger partial charge in [0.2, 0.25) is 5.91 Å². The predicted octanol–water partition coefficient (Wildman–Crippen LogP) is 3.98. The summed E-state index contributed by atoms with van der Waals surface area (Å²) in [6.45, 7) is 6.14. The second kappa shape index (κ2) is 6.36. The molecule has 0 bridgehead atoms. The Kier molecular flexibility index (Phi) is 4.94. The Bertz CT molecular complexity index is 605. The van der Waals surface area contributed by atoms with Crippen molar-refractivity contribution in [3.05, 3.63) is 45.4 Å². The number of carbonyl (C=O) groups excluding carboxylic acids is 2. The van der Waals surface area contributed by atoms with E-state index in [0.29, 0.717) is 12.3 Å². The van der Waals surface area contributed by atoms with Gasteiger partial charge in [-0.15, -0.1) is 0 Å². The van der Waals surface area contributed by atoms with Crippen molar-refractivity contribution >= 4 is 39.4 Å². The van der Waals surface area contributed by atoms with Gasteiger partial charge < -0.3 is 4.90 Å². The number of ketones is 1. The van der Waals surface area contributed by atoms with E-state index in [4.69, 9.17) is 0 Å². The molecule has 1 amide bonds. The number of halogens is 1. The first-order chi connectivity index (χ1) is 9.77. The molecule has 112 valence electrons. The van der Waals surface area contributed by atoms with Crippen molar-refractivity contribution < 1.29 is 9.59 Å². The lowest BCUT2D eigenvalue weighted by Crippen LogP contribution is -2.25. The fraction of sp³-hybridized carbons (Fsp3) is 0.375. The van der Waals surface area contributed by atoms with E-state index in [1.54, 1.807) is 11.0 Å².